The number of hydrogen-bond acceptors (Lipinski definition) is 2. The Morgan fingerprint density at radius 1 is 1.22 bits per heavy atom. The van der Waals surface area contributed by atoms with Gasteiger partial charge in [-0.1, -0.05) is 32.9 Å². The Labute approximate surface area is 111 Å². The highest BCUT2D eigenvalue weighted by Gasteiger charge is 2.13. The fraction of sp³-hybridized carbons (Fsp3) is 0.625. The van der Waals surface area contributed by atoms with Crippen molar-refractivity contribution in [2.75, 3.05) is 6.61 Å². The van der Waals surface area contributed by atoms with Gasteiger partial charge in [-0.05, 0) is 49.3 Å². The Hall–Kier alpha value is -1.02. The van der Waals surface area contributed by atoms with E-state index in [2.05, 4.69) is 32.9 Å². The van der Waals surface area contributed by atoms with Gasteiger partial charge in [0.15, 0.2) is 0 Å². The molecular formula is C16H26O2. The van der Waals surface area contributed by atoms with E-state index in [0.29, 0.717) is 0 Å². The zero-order valence-corrected chi connectivity index (χ0v) is 12.1. The summed E-state index contributed by atoms with van der Waals surface area (Å²) in [4.78, 5) is 0. The molecule has 0 aromatic heterocycles. The van der Waals surface area contributed by atoms with Gasteiger partial charge in [0, 0.05) is 0 Å². The molecule has 0 bridgehead atoms. The maximum atomic E-state index is 9.15. The normalized spacial score (nSPS) is 13.4. The number of benzene rings is 1. The first-order valence-electron chi connectivity index (χ1n) is 6.81. The summed E-state index contributed by atoms with van der Waals surface area (Å²) in [5.41, 5.74) is 1.45. The van der Waals surface area contributed by atoms with E-state index in [9.17, 15) is 0 Å². The molecule has 1 rings (SSSR count). The Bertz CT molecular complexity index is 350. The first kappa shape index (κ1) is 15.0. The minimum Gasteiger partial charge on any atom is -0.494 e. The topological polar surface area (TPSA) is 29.5 Å². The van der Waals surface area contributed by atoms with Crippen LogP contribution >= 0.6 is 0 Å². The number of ether oxygens (including phenoxy) is 1. The molecule has 0 saturated carbocycles. The number of aliphatic hydroxyl groups excluding tert-OH is 1. The minimum atomic E-state index is -0.200. The summed E-state index contributed by atoms with van der Waals surface area (Å²) in [6.45, 7) is 9.16. The van der Waals surface area contributed by atoms with Crippen LogP contribution in [0.5, 0.6) is 5.75 Å². The highest BCUT2D eigenvalue weighted by molar-refractivity contribution is 5.32. The van der Waals surface area contributed by atoms with Gasteiger partial charge in [0.1, 0.15) is 5.75 Å². The van der Waals surface area contributed by atoms with E-state index in [4.69, 9.17) is 9.84 Å². The van der Waals surface area contributed by atoms with Crippen molar-refractivity contribution in [1.82, 2.24) is 0 Å². The summed E-state index contributed by atoms with van der Waals surface area (Å²) < 4.78 is 5.74. The monoisotopic (exact) mass is 250 g/mol. The smallest absolute Gasteiger partial charge is 0.119 e. The predicted molar refractivity (Wildman–Crippen MR) is 76.2 cm³/mol. The van der Waals surface area contributed by atoms with Crippen LogP contribution in [0.4, 0.5) is 0 Å². The second-order valence-corrected chi connectivity index (χ2v) is 5.97. The van der Waals surface area contributed by atoms with Crippen molar-refractivity contribution in [1.29, 1.82) is 0 Å². The molecule has 1 aromatic rings. The molecule has 1 aromatic carbocycles. The van der Waals surface area contributed by atoms with Gasteiger partial charge in [0.2, 0.25) is 0 Å². The van der Waals surface area contributed by atoms with Crippen LogP contribution in [0.1, 0.15) is 52.5 Å². The molecule has 0 radical (unpaired) electrons. The van der Waals surface area contributed by atoms with E-state index >= 15 is 0 Å². The molecule has 0 aliphatic carbocycles. The van der Waals surface area contributed by atoms with Gasteiger partial charge >= 0.3 is 0 Å². The lowest BCUT2D eigenvalue weighted by Gasteiger charge is -2.19. The van der Waals surface area contributed by atoms with Gasteiger partial charge in [-0.3, -0.25) is 0 Å². The summed E-state index contributed by atoms with van der Waals surface area (Å²) in [6.07, 6.45) is 2.65. The molecule has 2 heteroatoms. The number of aliphatic hydroxyl groups is 1. The van der Waals surface area contributed by atoms with Crippen LogP contribution in [0.2, 0.25) is 0 Å². The van der Waals surface area contributed by atoms with E-state index in [1.165, 1.54) is 5.56 Å². The van der Waals surface area contributed by atoms with Crippen molar-refractivity contribution < 1.29 is 9.84 Å². The van der Waals surface area contributed by atoms with Crippen molar-refractivity contribution in [2.24, 2.45) is 0 Å². The van der Waals surface area contributed by atoms with Gasteiger partial charge in [-0.15, -0.1) is 0 Å². The predicted octanol–water partition coefficient (Wildman–Crippen LogP) is 3.91. The van der Waals surface area contributed by atoms with Crippen LogP contribution in [0.3, 0.4) is 0 Å². The van der Waals surface area contributed by atoms with Crippen molar-refractivity contribution in [2.45, 2.75) is 58.5 Å². The van der Waals surface area contributed by atoms with Crippen molar-refractivity contribution >= 4 is 0 Å². The molecule has 18 heavy (non-hydrogen) atoms. The van der Waals surface area contributed by atoms with Gasteiger partial charge in [-0.2, -0.15) is 0 Å². The van der Waals surface area contributed by atoms with Crippen LogP contribution in [-0.2, 0) is 5.41 Å². The van der Waals surface area contributed by atoms with E-state index in [1.807, 2.05) is 19.1 Å². The molecule has 0 spiro atoms. The average molecular weight is 250 g/mol. The third-order valence-electron chi connectivity index (χ3n) is 2.99. The summed E-state index contributed by atoms with van der Waals surface area (Å²) >= 11 is 0. The van der Waals surface area contributed by atoms with Crippen molar-refractivity contribution in [3.63, 3.8) is 0 Å². The lowest BCUT2D eigenvalue weighted by molar-refractivity contribution is 0.177. The molecule has 0 saturated heterocycles. The number of unbranched alkanes of at least 4 members (excludes halogenated alkanes) is 1. The van der Waals surface area contributed by atoms with Crippen molar-refractivity contribution in [3.8, 4) is 5.75 Å². The van der Waals surface area contributed by atoms with Crippen LogP contribution in [0.25, 0.3) is 0 Å². The number of rotatable bonds is 6. The second-order valence-electron chi connectivity index (χ2n) is 5.97. The molecule has 0 fully saturated rings. The van der Waals surface area contributed by atoms with Crippen LogP contribution in [0.15, 0.2) is 24.3 Å². The highest BCUT2D eigenvalue weighted by atomic mass is 16.5. The van der Waals surface area contributed by atoms with Gasteiger partial charge < -0.3 is 9.84 Å². The Morgan fingerprint density at radius 2 is 1.94 bits per heavy atom. The van der Waals surface area contributed by atoms with Crippen LogP contribution in [-0.4, -0.2) is 17.8 Å². The molecule has 1 atom stereocenters. The maximum absolute atomic E-state index is 9.15. The molecule has 0 heterocycles. The zero-order valence-electron chi connectivity index (χ0n) is 12.1. The molecule has 2 nitrogen and oxygen atoms in total. The SMILES string of the molecule is CC(O)CCCCOc1cccc(C(C)(C)C)c1. The standard InChI is InChI=1S/C16H26O2/c1-13(17)8-5-6-11-18-15-10-7-9-14(12-15)16(2,3)4/h7,9-10,12-13,17H,5-6,8,11H2,1-4H3. The largest absolute Gasteiger partial charge is 0.494 e. The van der Waals surface area contributed by atoms with Crippen molar-refractivity contribution in [3.05, 3.63) is 29.8 Å². The molecular weight excluding hydrogens is 224 g/mol. The zero-order chi connectivity index (χ0) is 13.6. The molecule has 0 aliphatic rings. The maximum Gasteiger partial charge on any atom is 0.119 e. The second kappa shape index (κ2) is 6.79. The summed E-state index contributed by atoms with van der Waals surface area (Å²) in [5.74, 6) is 0.944. The molecule has 1 N–H and O–H groups in total. The molecule has 102 valence electrons. The van der Waals surface area contributed by atoms with E-state index in [-0.39, 0.29) is 11.5 Å². The lowest BCUT2D eigenvalue weighted by Crippen LogP contribution is -2.11. The summed E-state index contributed by atoms with van der Waals surface area (Å²) in [7, 11) is 0. The fourth-order valence-electron chi connectivity index (χ4n) is 1.78. The lowest BCUT2D eigenvalue weighted by atomic mass is 9.87. The third-order valence-corrected chi connectivity index (χ3v) is 2.99. The van der Waals surface area contributed by atoms with Gasteiger partial charge in [0.25, 0.3) is 0 Å². The van der Waals surface area contributed by atoms with Crippen LogP contribution < -0.4 is 4.74 Å². The third kappa shape index (κ3) is 5.54. The van der Waals surface area contributed by atoms with E-state index < -0.39 is 0 Å². The first-order chi connectivity index (χ1) is 8.39. The Balaban J connectivity index is 2.39. The minimum absolute atomic E-state index is 0.158. The molecule has 0 aliphatic heterocycles. The Kier molecular flexibility index (Phi) is 5.67. The Morgan fingerprint density at radius 3 is 2.56 bits per heavy atom. The highest BCUT2D eigenvalue weighted by Crippen LogP contribution is 2.25. The van der Waals surface area contributed by atoms with Crippen LogP contribution in [0, 0.1) is 0 Å². The van der Waals surface area contributed by atoms with Gasteiger partial charge in [-0.25, -0.2) is 0 Å². The van der Waals surface area contributed by atoms with Gasteiger partial charge in [0.05, 0.1) is 12.7 Å². The van der Waals surface area contributed by atoms with E-state index in [0.717, 1.165) is 31.6 Å². The summed E-state index contributed by atoms with van der Waals surface area (Å²) in [5, 5.41) is 9.15. The fourth-order valence-corrected chi connectivity index (χ4v) is 1.78. The van der Waals surface area contributed by atoms with E-state index in [1.54, 1.807) is 0 Å². The summed E-state index contributed by atoms with van der Waals surface area (Å²) in [6, 6.07) is 8.31. The molecule has 1 unspecified atom stereocenters. The average Bonchev–Trinajstić information content (AvgIpc) is 2.27. The number of hydrogen-bond donors (Lipinski definition) is 1. The quantitative estimate of drug-likeness (QED) is 0.776. The first-order valence-corrected chi connectivity index (χ1v) is 6.81. The molecule has 0 amide bonds.